The molecule has 0 saturated carbocycles. The van der Waals surface area contributed by atoms with Gasteiger partial charge in [-0.2, -0.15) is 0 Å². The molecule has 1 heterocycles. The van der Waals surface area contributed by atoms with Crippen molar-refractivity contribution < 1.29 is 9.53 Å². The molecule has 8 heteroatoms. The van der Waals surface area contributed by atoms with E-state index in [-0.39, 0.29) is 17.5 Å². The van der Waals surface area contributed by atoms with Crippen molar-refractivity contribution in [1.29, 1.82) is 5.41 Å². The molecule has 0 aliphatic heterocycles. The van der Waals surface area contributed by atoms with Crippen molar-refractivity contribution in [3.05, 3.63) is 111 Å². The molecule has 0 spiro atoms. The van der Waals surface area contributed by atoms with Crippen molar-refractivity contribution >= 4 is 19.5 Å². The Labute approximate surface area is 236 Å². The average molecular weight is 532 g/mol. The van der Waals surface area contributed by atoms with Crippen LogP contribution in [0.2, 0.25) is 0 Å². The lowest BCUT2D eigenvalue weighted by atomic mass is 9.95. The summed E-state index contributed by atoms with van der Waals surface area (Å²) in [5.74, 6) is 0.554. The monoisotopic (exact) mass is 532 g/mol. The number of carbonyl (C=O) groups is 1. The lowest BCUT2D eigenvalue weighted by molar-refractivity contribution is 0.242. The molecule has 3 aromatic carbocycles. The van der Waals surface area contributed by atoms with Crippen LogP contribution in [0.3, 0.4) is 0 Å². The predicted molar refractivity (Wildman–Crippen MR) is 160 cm³/mol. The van der Waals surface area contributed by atoms with Gasteiger partial charge in [0.1, 0.15) is 17.4 Å². The van der Waals surface area contributed by atoms with Crippen LogP contribution in [0.1, 0.15) is 55.4 Å². The van der Waals surface area contributed by atoms with E-state index in [1.54, 1.807) is 16.7 Å². The standard InChI is InChI=1S/C32H33BN4O3/c1-5-8-29-28(31(38)37(21(4)35-29)24-15-17-25(18-16-24)40-20(2)3)19-22-11-13-23(14-12-22)26-9-6-7-10-27(26)30(34)36-32(33)39/h6-7,9-18,20H,5,8,19H2,1-4H3,(H2,34,36,39). The van der Waals surface area contributed by atoms with E-state index in [0.29, 0.717) is 29.8 Å². The number of aryl methyl sites for hydroxylation is 2. The molecule has 2 radical (unpaired) electrons. The summed E-state index contributed by atoms with van der Waals surface area (Å²) in [5, 5.41) is 10.6. The number of nitrogens with one attached hydrogen (secondary N) is 2. The second kappa shape index (κ2) is 12.6. The van der Waals surface area contributed by atoms with Crippen LogP contribution in [0.5, 0.6) is 5.75 Å². The van der Waals surface area contributed by atoms with E-state index in [1.807, 2.05) is 81.4 Å². The third-order valence-corrected chi connectivity index (χ3v) is 6.47. The number of aromatic nitrogens is 2. The van der Waals surface area contributed by atoms with Gasteiger partial charge >= 0.3 is 0 Å². The summed E-state index contributed by atoms with van der Waals surface area (Å²) in [5.41, 5.74) is 5.38. The van der Waals surface area contributed by atoms with E-state index in [2.05, 4.69) is 12.2 Å². The Kier molecular flexibility index (Phi) is 8.99. The normalized spacial score (nSPS) is 10.9. The second-order valence-electron chi connectivity index (χ2n) is 9.92. The van der Waals surface area contributed by atoms with Gasteiger partial charge in [-0.1, -0.05) is 61.9 Å². The van der Waals surface area contributed by atoms with Crippen molar-refractivity contribution in [3.63, 3.8) is 0 Å². The second-order valence-corrected chi connectivity index (χ2v) is 9.92. The first-order valence-electron chi connectivity index (χ1n) is 13.4. The molecule has 0 fully saturated rings. The number of ether oxygens (including phenoxy) is 1. The molecule has 0 bridgehead atoms. The van der Waals surface area contributed by atoms with Gasteiger partial charge in [-0.25, -0.2) is 4.98 Å². The lowest BCUT2D eigenvalue weighted by Gasteiger charge is -2.16. The van der Waals surface area contributed by atoms with Gasteiger partial charge in [0.15, 0.2) is 5.81 Å². The smallest absolute Gasteiger partial charge is 0.261 e. The quantitative estimate of drug-likeness (QED) is 0.163. The van der Waals surface area contributed by atoms with Crippen LogP contribution >= 0.6 is 0 Å². The maximum absolute atomic E-state index is 13.9. The first kappa shape index (κ1) is 28.6. The molecule has 0 unspecified atom stereocenters. The fraction of sp³-hybridized carbons (Fsp3) is 0.250. The van der Waals surface area contributed by atoms with Crippen molar-refractivity contribution in [2.45, 2.75) is 53.1 Å². The summed E-state index contributed by atoms with van der Waals surface area (Å²) < 4.78 is 7.42. The van der Waals surface area contributed by atoms with Crippen molar-refractivity contribution in [2.24, 2.45) is 0 Å². The Morgan fingerprint density at radius 3 is 2.35 bits per heavy atom. The van der Waals surface area contributed by atoms with Gasteiger partial charge in [0.05, 0.1) is 17.5 Å². The highest BCUT2D eigenvalue weighted by atomic mass is 16.5. The number of nitrogens with zero attached hydrogens (tertiary/aromatic N) is 2. The van der Waals surface area contributed by atoms with Crippen LogP contribution in [0, 0.1) is 12.3 Å². The third kappa shape index (κ3) is 6.57. The lowest BCUT2D eigenvalue weighted by Crippen LogP contribution is -2.29. The van der Waals surface area contributed by atoms with E-state index in [0.717, 1.165) is 40.2 Å². The van der Waals surface area contributed by atoms with Crippen molar-refractivity contribution in [2.75, 3.05) is 0 Å². The van der Waals surface area contributed by atoms with Gasteiger partial charge in [-0.05, 0) is 68.1 Å². The zero-order valence-electron chi connectivity index (χ0n) is 23.3. The molecule has 202 valence electrons. The number of benzene rings is 3. The zero-order chi connectivity index (χ0) is 28.8. The fourth-order valence-corrected chi connectivity index (χ4v) is 4.74. The van der Waals surface area contributed by atoms with E-state index in [9.17, 15) is 9.59 Å². The van der Waals surface area contributed by atoms with Crippen molar-refractivity contribution in [3.8, 4) is 22.6 Å². The van der Waals surface area contributed by atoms with Gasteiger partial charge in [-0.15, -0.1) is 0 Å². The summed E-state index contributed by atoms with van der Waals surface area (Å²) in [6.45, 7) is 7.89. The number of hydrogen-bond donors (Lipinski definition) is 2. The summed E-state index contributed by atoms with van der Waals surface area (Å²) >= 11 is 0. The Morgan fingerprint density at radius 1 is 1.05 bits per heavy atom. The summed E-state index contributed by atoms with van der Waals surface area (Å²) in [7, 11) is 5.21. The molecule has 0 atom stereocenters. The maximum atomic E-state index is 13.9. The van der Waals surface area contributed by atoms with Crippen LogP contribution in [0.4, 0.5) is 4.79 Å². The van der Waals surface area contributed by atoms with Crippen molar-refractivity contribution in [1.82, 2.24) is 14.9 Å². The number of carbonyl (C=O) groups excluding carboxylic acids is 1. The molecule has 7 nitrogen and oxygen atoms in total. The van der Waals surface area contributed by atoms with Crippen LogP contribution in [0.15, 0.2) is 77.6 Å². The molecular weight excluding hydrogens is 499 g/mol. The maximum Gasteiger partial charge on any atom is 0.261 e. The topological polar surface area (TPSA) is 97.1 Å². The number of rotatable bonds is 9. The number of amides is 1. The highest BCUT2D eigenvalue weighted by molar-refractivity contribution is 6.58. The third-order valence-electron chi connectivity index (χ3n) is 6.47. The van der Waals surface area contributed by atoms with Gasteiger partial charge in [0, 0.05) is 17.5 Å². The van der Waals surface area contributed by atoms with Crippen LogP contribution in [-0.4, -0.2) is 35.1 Å². The molecule has 1 aromatic heterocycles. The molecule has 40 heavy (non-hydrogen) atoms. The minimum Gasteiger partial charge on any atom is -0.491 e. The highest BCUT2D eigenvalue weighted by Gasteiger charge is 2.17. The van der Waals surface area contributed by atoms with Crippen LogP contribution < -0.4 is 15.6 Å². The molecule has 1 amide bonds. The molecule has 0 aliphatic carbocycles. The molecule has 4 aromatic rings. The molecule has 2 N–H and O–H groups in total. The molecule has 0 saturated heterocycles. The van der Waals surface area contributed by atoms with Gasteiger partial charge < -0.3 is 10.1 Å². The Bertz CT molecular complexity index is 1580. The van der Waals surface area contributed by atoms with Gasteiger partial charge in [0.25, 0.3) is 5.56 Å². The Morgan fingerprint density at radius 2 is 1.73 bits per heavy atom. The fourth-order valence-electron chi connectivity index (χ4n) is 4.74. The van der Waals surface area contributed by atoms with Crippen LogP contribution in [0.25, 0.3) is 16.8 Å². The minimum atomic E-state index is -0.782. The first-order valence-corrected chi connectivity index (χ1v) is 13.4. The minimum absolute atomic E-state index is 0.0635. The Balaban J connectivity index is 1.68. The van der Waals surface area contributed by atoms with E-state index in [4.69, 9.17) is 23.0 Å². The van der Waals surface area contributed by atoms with E-state index < -0.39 is 5.81 Å². The largest absolute Gasteiger partial charge is 0.491 e. The molecule has 0 aliphatic rings. The number of amidine groups is 1. The first-order chi connectivity index (χ1) is 19.2. The molecule has 4 rings (SSSR count). The van der Waals surface area contributed by atoms with Gasteiger partial charge in [-0.3, -0.25) is 19.6 Å². The summed E-state index contributed by atoms with van der Waals surface area (Å²) in [4.78, 5) is 30.0. The SMILES string of the molecule is [B]C(=O)NC(=N)c1ccccc1-c1ccc(Cc2c(CCC)nc(C)n(-c3ccc(OC(C)C)cc3)c2=O)cc1. The average Bonchev–Trinajstić information content (AvgIpc) is 2.91. The van der Waals surface area contributed by atoms with Gasteiger partial charge in [0.2, 0.25) is 7.85 Å². The zero-order valence-corrected chi connectivity index (χ0v) is 23.3. The summed E-state index contributed by atoms with van der Waals surface area (Å²) in [6.07, 6.45) is 2.10. The number of hydrogen-bond acceptors (Lipinski definition) is 5. The Hall–Kier alpha value is -4.46. The predicted octanol–water partition coefficient (Wildman–Crippen LogP) is 5.74. The van der Waals surface area contributed by atoms with E-state index in [1.165, 1.54) is 0 Å². The van der Waals surface area contributed by atoms with Crippen LogP contribution in [-0.2, 0) is 12.8 Å². The van der Waals surface area contributed by atoms with E-state index >= 15 is 0 Å². The highest BCUT2D eigenvalue weighted by Crippen LogP contribution is 2.25. The summed E-state index contributed by atoms with van der Waals surface area (Å²) in [6, 6.07) is 22.7. The molecular formula is C32H33BN4O3.